The number of sulfonamides is 1. The van der Waals surface area contributed by atoms with Crippen LogP contribution in [0.3, 0.4) is 0 Å². The fraction of sp³-hybridized carbons (Fsp3) is 0.364. The molecule has 7 heteroatoms. The Hall–Kier alpha value is -1.44. The smallest absolute Gasteiger partial charge is 0.250 e. The Labute approximate surface area is 105 Å². The number of carbonyl (C=O) groups excluding carboxylic acids is 1. The summed E-state index contributed by atoms with van der Waals surface area (Å²) in [5.41, 5.74) is 5.14. The van der Waals surface area contributed by atoms with Crippen LogP contribution in [0.2, 0.25) is 0 Å². The van der Waals surface area contributed by atoms with Crippen LogP contribution in [-0.2, 0) is 10.0 Å². The van der Waals surface area contributed by atoms with Crippen molar-refractivity contribution < 1.29 is 18.3 Å². The molecule has 1 aromatic rings. The average Bonchev–Trinajstić information content (AvgIpc) is 2.76. The van der Waals surface area contributed by atoms with Gasteiger partial charge in [-0.25, -0.2) is 8.42 Å². The Balaban J connectivity index is 2.45. The summed E-state index contributed by atoms with van der Waals surface area (Å²) in [6, 6.07) is 5.81. The fourth-order valence-corrected chi connectivity index (χ4v) is 3.65. The van der Waals surface area contributed by atoms with E-state index in [1.165, 1.54) is 22.5 Å². The summed E-state index contributed by atoms with van der Waals surface area (Å²) in [6.45, 7) is 0.298. The summed E-state index contributed by atoms with van der Waals surface area (Å²) < 4.78 is 25.8. The number of β-amino-alcohol motifs (C(OH)–C–C–N with tert-alkyl or cyclic N) is 1. The van der Waals surface area contributed by atoms with Crippen LogP contribution >= 0.6 is 0 Å². The van der Waals surface area contributed by atoms with Gasteiger partial charge in [0.2, 0.25) is 15.9 Å². The van der Waals surface area contributed by atoms with Gasteiger partial charge in [0, 0.05) is 13.1 Å². The number of nitrogens with two attached hydrogens (primary N) is 1. The summed E-state index contributed by atoms with van der Waals surface area (Å²) in [5, 5.41) is 9.39. The lowest BCUT2D eigenvalue weighted by Crippen LogP contribution is -2.31. The third-order valence-corrected chi connectivity index (χ3v) is 4.82. The van der Waals surface area contributed by atoms with Crippen molar-refractivity contribution in [2.24, 2.45) is 5.73 Å². The van der Waals surface area contributed by atoms with Gasteiger partial charge in [0.25, 0.3) is 0 Å². The van der Waals surface area contributed by atoms with Crippen LogP contribution in [0.15, 0.2) is 29.2 Å². The van der Waals surface area contributed by atoms with Crippen LogP contribution in [0.4, 0.5) is 0 Å². The van der Waals surface area contributed by atoms with Gasteiger partial charge in [-0.15, -0.1) is 0 Å². The first-order valence-corrected chi connectivity index (χ1v) is 6.94. The zero-order chi connectivity index (χ0) is 13.3. The maximum absolute atomic E-state index is 12.3. The van der Waals surface area contributed by atoms with Crippen molar-refractivity contribution in [2.75, 3.05) is 13.1 Å². The van der Waals surface area contributed by atoms with Crippen LogP contribution in [0, 0.1) is 0 Å². The largest absolute Gasteiger partial charge is 0.392 e. The molecule has 1 atom stereocenters. The lowest BCUT2D eigenvalue weighted by molar-refractivity contribution is 0.0997. The molecule has 1 saturated heterocycles. The van der Waals surface area contributed by atoms with Gasteiger partial charge < -0.3 is 10.8 Å². The van der Waals surface area contributed by atoms with Gasteiger partial charge in [0.05, 0.1) is 16.6 Å². The SMILES string of the molecule is NC(=O)c1ccccc1S(=O)(=O)N1CC[C@H](O)C1. The van der Waals surface area contributed by atoms with E-state index >= 15 is 0 Å². The number of hydrogen-bond donors (Lipinski definition) is 2. The zero-order valence-electron chi connectivity index (χ0n) is 9.61. The summed E-state index contributed by atoms with van der Waals surface area (Å²) in [5.74, 6) is -0.783. The second kappa shape index (κ2) is 4.68. The molecule has 1 amide bonds. The third-order valence-electron chi connectivity index (χ3n) is 2.90. The fourth-order valence-electron chi connectivity index (χ4n) is 1.96. The van der Waals surface area contributed by atoms with E-state index in [0.717, 1.165) is 0 Å². The van der Waals surface area contributed by atoms with Crippen molar-refractivity contribution in [1.82, 2.24) is 4.31 Å². The molecule has 0 saturated carbocycles. The van der Waals surface area contributed by atoms with Crippen LogP contribution in [0.5, 0.6) is 0 Å². The van der Waals surface area contributed by atoms with Gasteiger partial charge in [0.1, 0.15) is 0 Å². The quantitative estimate of drug-likeness (QED) is 0.776. The standard InChI is InChI=1S/C11H14N2O4S/c12-11(15)9-3-1-2-4-10(9)18(16,17)13-6-5-8(14)7-13/h1-4,8,14H,5-7H2,(H2,12,15)/t8-/m0/s1. The molecule has 0 aromatic heterocycles. The van der Waals surface area contributed by atoms with E-state index in [1.807, 2.05) is 0 Å². The van der Waals surface area contributed by atoms with E-state index in [2.05, 4.69) is 0 Å². The predicted octanol–water partition coefficient (Wildman–Crippen LogP) is -0.459. The number of hydrogen-bond acceptors (Lipinski definition) is 4. The lowest BCUT2D eigenvalue weighted by atomic mass is 10.2. The van der Waals surface area contributed by atoms with Crippen molar-refractivity contribution in [1.29, 1.82) is 0 Å². The highest BCUT2D eigenvalue weighted by Crippen LogP contribution is 2.23. The second-order valence-corrected chi connectivity index (χ2v) is 6.07. The van der Waals surface area contributed by atoms with E-state index in [4.69, 9.17) is 5.73 Å². The summed E-state index contributed by atoms with van der Waals surface area (Å²) in [4.78, 5) is 11.1. The minimum atomic E-state index is -3.77. The minimum Gasteiger partial charge on any atom is -0.392 e. The predicted molar refractivity (Wildman–Crippen MR) is 64.3 cm³/mol. The van der Waals surface area contributed by atoms with E-state index in [9.17, 15) is 18.3 Å². The number of amides is 1. The van der Waals surface area contributed by atoms with Crippen molar-refractivity contribution in [2.45, 2.75) is 17.4 Å². The van der Waals surface area contributed by atoms with Gasteiger partial charge >= 0.3 is 0 Å². The zero-order valence-corrected chi connectivity index (χ0v) is 10.4. The summed E-state index contributed by atoms with van der Waals surface area (Å²) in [6.07, 6.45) is -0.252. The van der Waals surface area contributed by atoms with Crippen LogP contribution in [0.25, 0.3) is 0 Å². The first kappa shape index (κ1) is 13.0. The number of primary amides is 1. The number of aliphatic hydroxyl groups is 1. The first-order chi connectivity index (χ1) is 8.43. The Morgan fingerprint density at radius 3 is 2.61 bits per heavy atom. The molecule has 1 fully saturated rings. The van der Waals surface area contributed by atoms with Crippen LogP contribution < -0.4 is 5.73 Å². The molecule has 1 heterocycles. The Bertz CT molecular complexity index is 570. The van der Waals surface area contributed by atoms with E-state index in [1.54, 1.807) is 6.07 Å². The van der Waals surface area contributed by atoms with Gasteiger partial charge in [-0.2, -0.15) is 4.31 Å². The summed E-state index contributed by atoms with van der Waals surface area (Å²) in [7, 11) is -3.77. The van der Waals surface area contributed by atoms with Crippen molar-refractivity contribution in [3.63, 3.8) is 0 Å². The van der Waals surface area contributed by atoms with E-state index < -0.39 is 22.0 Å². The maximum Gasteiger partial charge on any atom is 0.250 e. The highest BCUT2D eigenvalue weighted by Gasteiger charge is 2.33. The molecule has 0 radical (unpaired) electrons. The second-order valence-electron chi connectivity index (χ2n) is 4.17. The number of aliphatic hydroxyl groups excluding tert-OH is 1. The average molecular weight is 270 g/mol. The molecule has 18 heavy (non-hydrogen) atoms. The highest BCUT2D eigenvalue weighted by molar-refractivity contribution is 7.89. The molecule has 6 nitrogen and oxygen atoms in total. The van der Waals surface area contributed by atoms with Crippen LogP contribution in [-0.4, -0.2) is 42.9 Å². The van der Waals surface area contributed by atoms with Gasteiger partial charge in [-0.3, -0.25) is 4.79 Å². The summed E-state index contributed by atoms with van der Waals surface area (Å²) >= 11 is 0. The highest BCUT2D eigenvalue weighted by atomic mass is 32.2. The Morgan fingerprint density at radius 2 is 2.06 bits per heavy atom. The van der Waals surface area contributed by atoms with Gasteiger partial charge in [-0.05, 0) is 18.6 Å². The molecule has 1 aliphatic heterocycles. The monoisotopic (exact) mass is 270 g/mol. The van der Waals surface area contributed by atoms with Crippen molar-refractivity contribution >= 4 is 15.9 Å². The molecule has 0 spiro atoms. The van der Waals surface area contributed by atoms with Gasteiger partial charge in [0.15, 0.2) is 0 Å². The number of benzene rings is 1. The molecule has 1 aromatic carbocycles. The van der Waals surface area contributed by atoms with Gasteiger partial charge in [-0.1, -0.05) is 12.1 Å². The third kappa shape index (κ3) is 2.24. The topological polar surface area (TPSA) is 101 Å². The maximum atomic E-state index is 12.3. The Kier molecular flexibility index (Phi) is 3.38. The van der Waals surface area contributed by atoms with Crippen LogP contribution in [0.1, 0.15) is 16.8 Å². The molecular formula is C11H14N2O4S. The van der Waals surface area contributed by atoms with Crippen molar-refractivity contribution in [3.8, 4) is 0 Å². The van der Waals surface area contributed by atoms with E-state index in [0.29, 0.717) is 6.42 Å². The molecule has 98 valence electrons. The lowest BCUT2D eigenvalue weighted by Gasteiger charge is -2.17. The molecule has 1 aliphatic rings. The molecular weight excluding hydrogens is 256 g/mol. The molecule has 0 unspecified atom stereocenters. The normalized spacial score (nSPS) is 21.1. The Morgan fingerprint density at radius 1 is 1.39 bits per heavy atom. The molecule has 0 aliphatic carbocycles. The first-order valence-electron chi connectivity index (χ1n) is 5.50. The molecule has 2 rings (SSSR count). The molecule has 3 N–H and O–H groups in total. The number of rotatable bonds is 3. The number of nitrogens with zero attached hydrogens (tertiary/aromatic N) is 1. The minimum absolute atomic E-state index is 0.0288. The molecule has 0 bridgehead atoms. The van der Waals surface area contributed by atoms with E-state index in [-0.39, 0.29) is 23.5 Å². The number of carbonyl (C=O) groups is 1. The van der Waals surface area contributed by atoms with Crippen molar-refractivity contribution in [3.05, 3.63) is 29.8 Å².